The fourth-order valence-corrected chi connectivity index (χ4v) is 2.50. The van der Waals surface area contributed by atoms with E-state index in [9.17, 15) is 4.79 Å². The molecule has 0 bridgehead atoms. The highest BCUT2D eigenvalue weighted by atomic mass is 16.2. The standard InChI is InChI=1S/C22H19NO2/c24-16-4-7-19-10-12-21(13-11-19)23-15-14-20(17-22(23)25)9-8-18-5-2-1-3-6-18/h1-15,17,24H,16H2. The highest BCUT2D eigenvalue weighted by Crippen LogP contribution is 2.11. The minimum absolute atomic E-state index is 0.0131. The molecule has 1 N–H and O–H groups in total. The predicted molar refractivity (Wildman–Crippen MR) is 104 cm³/mol. The molecule has 0 amide bonds. The van der Waals surface area contributed by atoms with Crippen LogP contribution in [0.2, 0.25) is 0 Å². The molecule has 2 aromatic carbocycles. The summed E-state index contributed by atoms with van der Waals surface area (Å²) >= 11 is 0. The quantitative estimate of drug-likeness (QED) is 0.768. The van der Waals surface area contributed by atoms with E-state index < -0.39 is 0 Å². The molecule has 0 spiro atoms. The van der Waals surface area contributed by atoms with E-state index in [4.69, 9.17) is 5.11 Å². The van der Waals surface area contributed by atoms with Crippen molar-refractivity contribution in [1.29, 1.82) is 0 Å². The minimum Gasteiger partial charge on any atom is -0.392 e. The molecule has 124 valence electrons. The summed E-state index contributed by atoms with van der Waals surface area (Å²) in [4.78, 5) is 12.4. The van der Waals surface area contributed by atoms with Gasteiger partial charge in [-0.1, -0.05) is 66.8 Å². The molecule has 0 aliphatic carbocycles. The monoisotopic (exact) mass is 329 g/mol. The smallest absolute Gasteiger partial charge is 0.255 e. The summed E-state index contributed by atoms with van der Waals surface area (Å²) in [6, 6.07) is 21.1. The lowest BCUT2D eigenvalue weighted by Gasteiger charge is -2.06. The lowest BCUT2D eigenvalue weighted by atomic mass is 10.1. The number of nitrogens with zero attached hydrogens (tertiary/aromatic N) is 1. The van der Waals surface area contributed by atoms with Gasteiger partial charge in [-0.3, -0.25) is 9.36 Å². The maximum absolute atomic E-state index is 12.4. The molecule has 0 aliphatic heterocycles. The van der Waals surface area contributed by atoms with Crippen molar-refractivity contribution >= 4 is 18.2 Å². The van der Waals surface area contributed by atoms with Crippen LogP contribution in [0.4, 0.5) is 0 Å². The largest absolute Gasteiger partial charge is 0.392 e. The molecule has 0 saturated heterocycles. The molecule has 0 radical (unpaired) electrons. The number of pyridine rings is 1. The predicted octanol–water partition coefficient (Wildman–Crippen LogP) is 4.01. The number of aromatic nitrogens is 1. The maximum atomic E-state index is 12.4. The molecule has 0 atom stereocenters. The van der Waals surface area contributed by atoms with E-state index in [-0.39, 0.29) is 12.2 Å². The maximum Gasteiger partial charge on any atom is 0.255 e. The van der Waals surface area contributed by atoms with Crippen LogP contribution in [0.1, 0.15) is 16.7 Å². The lowest BCUT2D eigenvalue weighted by Crippen LogP contribution is -2.16. The molecule has 0 fully saturated rings. The molecule has 3 rings (SSSR count). The first-order valence-electron chi connectivity index (χ1n) is 8.10. The molecule has 1 aromatic heterocycles. The Hall–Kier alpha value is -3.17. The Morgan fingerprint density at radius 1 is 0.800 bits per heavy atom. The number of hydrogen-bond acceptors (Lipinski definition) is 2. The Morgan fingerprint density at radius 3 is 2.16 bits per heavy atom. The van der Waals surface area contributed by atoms with Crippen LogP contribution in [0, 0.1) is 0 Å². The fourth-order valence-electron chi connectivity index (χ4n) is 2.50. The van der Waals surface area contributed by atoms with Crippen LogP contribution in [0.5, 0.6) is 0 Å². The van der Waals surface area contributed by atoms with Gasteiger partial charge in [0, 0.05) is 18.0 Å². The number of aliphatic hydroxyl groups is 1. The summed E-state index contributed by atoms with van der Waals surface area (Å²) < 4.78 is 1.61. The summed E-state index contributed by atoms with van der Waals surface area (Å²) in [5.41, 5.74) is 3.68. The van der Waals surface area contributed by atoms with Gasteiger partial charge in [-0.15, -0.1) is 0 Å². The Kier molecular flexibility index (Phi) is 5.39. The van der Waals surface area contributed by atoms with Gasteiger partial charge in [0.05, 0.1) is 6.61 Å². The van der Waals surface area contributed by atoms with E-state index >= 15 is 0 Å². The molecule has 3 aromatic rings. The van der Waals surface area contributed by atoms with Crippen molar-refractivity contribution in [2.75, 3.05) is 6.61 Å². The van der Waals surface area contributed by atoms with Gasteiger partial charge in [-0.05, 0) is 34.9 Å². The van der Waals surface area contributed by atoms with Crippen LogP contribution in [0.15, 0.2) is 83.8 Å². The summed E-state index contributed by atoms with van der Waals surface area (Å²) in [7, 11) is 0. The van der Waals surface area contributed by atoms with Crippen LogP contribution in [-0.2, 0) is 0 Å². The SMILES string of the molecule is O=c1cc(C=Cc2ccccc2)ccn1-c1ccc(C=CCO)cc1. The highest BCUT2D eigenvalue weighted by Gasteiger charge is 2.00. The average molecular weight is 329 g/mol. The summed E-state index contributed by atoms with van der Waals surface area (Å²) in [5.74, 6) is 0. The molecule has 0 aliphatic rings. The molecular formula is C22H19NO2. The fraction of sp³-hybridized carbons (Fsp3) is 0.0455. The van der Waals surface area contributed by atoms with Crippen molar-refractivity contribution < 1.29 is 5.11 Å². The first-order valence-corrected chi connectivity index (χ1v) is 8.10. The van der Waals surface area contributed by atoms with Crippen molar-refractivity contribution in [3.63, 3.8) is 0 Å². The zero-order chi connectivity index (χ0) is 17.5. The van der Waals surface area contributed by atoms with E-state index in [2.05, 4.69) is 0 Å². The number of aliphatic hydroxyl groups excluding tert-OH is 1. The Balaban J connectivity index is 1.81. The zero-order valence-corrected chi connectivity index (χ0v) is 13.7. The molecule has 3 nitrogen and oxygen atoms in total. The van der Waals surface area contributed by atoms with E-state index in [1.807, 2.05) is 78.9 Å². The topological polar surface area (TPSA) is 42.2 Å². The van der Waals surface area contributed by atoms with Gasteiger partial charge in [0.1, 0.15) is 0 Å². The van der Waals surface area contributed by atoms with Gasteiger partial charge in [-0.25, -0.2) is 0 Å². The zero-order valence-electron chi connectivity index (χ0n) is 13.7. The van der Waals surface area contributed by atoms with E-state index in [0.717, 1.165) is 22.4 Å². The average Bonchev–Trinajstić information content (AvgIpc) is 2.66. The molecule has 25 heavy (non-hydrogen) atoms. The van der Waals surface area contributed by atoms with Crippen molar-refractivity contribution in [2.45, 2.75) is 0 Å². The van der Waals surface area contributed by atoms with Crippen molar-refractivity contribution in [3.8, 4) is 5.69 Å². The van der Waals surface area contributed by atoms with Gasteiger partial charge in [-0.2, -0.15) is 0 Å². The first kappa shape index (κ1) is 16.7. The normalized spacial score (nSPS) is 11.4. The lowest BCUT2D eigenvalue weighted by molar-refractivity contribution is 0.343. The van der Waals surface area contributed by atoms with Gasteiger partial charge in [0.15, 0.2) is 0 Å². The Bertz CT molecular complexity index is 936. The Morgan fingerprint density at radius 2 is 1.48 bits per heavy atom. The highest BCUT2D eigenvalue weighted by molar-refractivity contribution is 5.69. The van der Waals surface area contributed by atoms with Crippen LogP contribution in [-0.4, -0.2) is 16.3 Å². The summed E-state index contributed by atoms with van der Waals surface area (Å²) in [6.45, 7) is 0.0131. The van der Waals surface area contributed by atoms with Gasteiger partial charge in [0.25, 0.3) is 5.56 Å². The van der Waals surface area contributed by atoms with E-state index in [1.54, 1.807) is 22.9 Å². The number of hydrogen-bond donors (Lipinski definition) is 1. The van der Waals surface area contributed by atoms with Gasteiger partial charge >= 0.3 is 0 Å². The third-order valence-electron chi connectivity index (χ3n) is 3.80. The van der Waals surface area contributed by atoms with E-state index in [0.29, 0.717) is 0 Å². The summed E-state index contributed by atoms with van der Waals surface area (Å²) in [5, 5.41) is 8.80. The first-order chi connectivity index (χ1) is 12.3. The Labute approximate surface area is 146 Å². The number of benzene rings is 2. The van der Waals surface area contributed by atoms with Crippen LogP contribution >= 0.6 is 0 Å². The molecular weight excluding hydrogens is 310 g/mol. The number of rotatable bonds is 5. The van der Waals surface area contributed by atoms with Gasteiger partial charge in [0.2, 0.25) is 0 Å². The van der Waals surface area contributed by atoms with Crippen molar-refractivity contribution in [1.82, 2.24) is 4.57 Å². The summed E-state index contributed by atoms with van der Waals surface area (Å²) in [6.07, 6.45) is 9.22. The molecule has 3 heteroatoms. The van der Waals surface area contributed by atoms with Gasteiger partial charge < -0.3 is 5.11 Å². The molecule has 0 saturated carbocycles. The second-order valence-corrected chi connectivity index (χ2v) is 5.59. The molecule has 0 unspecified atom stereocenters. The van der Waals surface area contributed by atoms with Crippen LogP contribution in [0.3, 0.4) is 0 Å². The van der Waals surface area contributed by atoms with Crippen LogP contribution < -0.4 is 5.56 Å². The third-order valence-corrected chi connectivity index (χ3v) is 3.80. The second-order valence-electron chi connectivity index (χ2n) is 5.59. The minimum atomic E-state index is -0.0751. The van der Waals surface area contributed by atoms with E-state index in [1.165, 1.54) is 0 Å². The molecule has 1 heterocycles. The second kappa shape index (κ2) is 8.08. The third kappa shape index (κ3) is 4.43. The van der Waals surface area contributed by atoms with Crippen molar-refractivity contribution in [3.05, 3.63) is 106 Å². The van der Waals surface area contributed by atoms with Crippen LogP contribution in [0.25, 0.3) is 23.9 Å². The van der Waals surface area contributed by atoms with Crippen molar-refractivity contribution in [2.24, 2.45) is 0 Å².